The number of nitrogens with one attached hydrogen (secondary N) is 1. The third-order valence-electron chi connectivity index (χ3n) is 3.53. The quantitative estimate of drug-likeness (QED) is 0.470. The summed E-state index contributed by atoms with van der Waals surface area (Å²) in [5.41, 5.74) is 4.32. The number of aliphatic hydroxyl groups is 1. The van der Waals surface area contributed by atoms with E-state index in [0.29, 0.717) is 12.2 Å². The number of aliphatic hydroxyl groups excluding tert-OH is 1. The lowest BCUT2D eigenvalue weighted by Crippen LogP contribution is -2.45. The van der Waals surface area contributed by atoms with Crippen molar-refractivity contribution in [2.75, 3.05) is 0 Å². The highest BCUT2D eigenvalue weighted by Crippen LogP contribution is 2.29. The number of carbonyl (C=O) groups excluding carboxylic acids is 2. The molecule has 0 radical (unpaired) electrons. The van der Waals surface area contributed by atoms with E-state index >= 15 is 0 Å². The van der Waals surface area contributed by atoms with Crippen LogP contribution >= 0.6 is 0 Å². The first-order valence-electron chi connectivity index (χ1n) is 6.69. The average Bonchev–Trinajstić information content (AvgIpc) is 2.76. The van der Waals surface area contributed by atoms with Gasteiger partial charge in [0.2, 0.25) is 5.78 Å². The van der Waals surface area contributed by atoms with Crippen molar-refractivity contribution in [1.82, 2.24) is 5.48 Å². The fraction of sp³-hybridized carbons (Fsp3) is 0.333. The fourth-order valence-electron chi connectivity index (χ4n) is 2.47. The Bertz CT molecular complexity index is 583. The summed E-state index contributed by atoms with van der Waals surface area (Å²) in [6, 6.07) is 9.10. The van der Waals surface area contributed by atoms with Crippen LogP contribution in [0.1, 0.15) is 12.0 Å². The molecule has 21 heavy (non-hydrogen) atoms. The van der Waals surface area contributed by atoms with Crippen molar-refractivity contribution in [2.45, 2.75) is 31.3 Å². The molecule has 6 nitrogen and oxygen atoms in total. The van der Waals surface area contributed by atoms with Crippen molar-refractivity contribution in [3.8, 4) is 0 Å². The van der Waals surface area contributed by atoms with Crippen LogP contribution in [-0.4, -0.2) is 35.1 Å². The Balaban J connectivity index is 1.63. The zero-order valence-electron chi connectivity index (χ0n) is 11.2. The molecule has 3 atom stereocenters. The Morgan fingerprint density at radius 3 is 2.81 bits per heavy atom. The van der Waals surface area contributed by atoms with Gasteiger partial charge in [0.05, 0.1) is 19.1 Å². The summed E-state index contributed by atoms with van der Waals surface area (Å²) in [5.74, 6) is -0.992. The van der Waals surface area contributed by atoms with Crippen molar-refractivity contribution in [1.29, 1.82) is 0 Å². The molecule has 0 saturated carbocycles. The lowest BCUT2D eigenvalue weighted by atomic mass is 9.99. The normalized spacial score (nSPS) is 28.0. The minimum Gasteiger partial charge on any atom is -0.449 e. The minimum atomic E-state index is -1.21. The molecule has 110 valence electrons. The third kappa shape index (κ3) is 2.87. The zero-order chi connectivity index (χ0) is 14.8. The number of hydrogen-bond donors (Lipinski definition) is 2. The van der Waals surface area contributed by atoms with Gasteiger partial charge in [0.1, 0.15) is 6.10 Å². The van der Waals surface area contributed by atoms with Gasteiger partial charge in [-0.15, -0.1) is 0 Å². The molecule has 1 heterocycles. The van der Waals surface area contributed by atoms with E-state index in [-0.39, 0.29) is 6.42 Å². The number of benzene rings is 1. The molecule has 1 saturated heterocycles. The van der Waals surface area contributed by atoms with Crippen molar-refractivity contribution < 1.29 is 24.3 Å². The summed E-state index contributed by atoms with van der Waals surface area (Å²) in [6.07, 6.45) is -0.714. The Labute approximate surface area is 121 Å². The van der Waals surface area contributed by atoms with Gasteiger partial charge in [0.25, 0.3) is 0 Å². The molecule has 1 aliphatic carbocycles. The second kappa shape index (κ2) is 5.77. The highest BCUT2D eigenvalue weighted by molar-refractivity contribution is 5.97. The molecule has 2 aliphatic rings. The van der Waals surface area contributed by atoms with Gasteiger partial charge in [-0.3, -0.25) is 14.4 Å². The second-order valence-electron chi connectivity index (χ2n) is 5.03. The number of ketones is 1. The van der Waals surface area contributed by atoms with Crippen molar-refractivity contribution in [2.24, 2.45) is 0 Å². The van der Waals surface area contributed by atoms with E-state index < -0.39 is 30.0 Å². The van der Waals surface area contributed by atoms with Crippen molar-refractivity contribution in [3.63, 3.8) is 0 Å². The zero-order valence-corrected chi connectivity index (χ0v) is 11.2. The molecule has 1 aromatic rings. The maximum atomic E-state index is 11.7. The topological polar surface area (TPSA) is 84.9 Å². The first-order chi connectivity index (χ1) is 10.1. The van der Waals surface area contributed by atoms with Gasteiger partial charge in [-0.25, -0.2) is 0 Å². The summed E-state index contributed by atoms with van der Waals surface area (Å²) in [5, 5.41) is 9.55. The largest absolute Gasteiger partial charge is 0.449 e. The molecule has 2 N–H and O–H groups in total. The summed E-state index contributed by atoms with van der Waals surface area (Å²) >= 11 is 0. The molecule has 3 rings (SSSR count). The summed E-state index contributed by atoms with van der Waals surface area (Å²) < 4.78 is 4.98. The van der Waals surface area contributed by atoms with Gasteiger partial charge < -0.3 is 9.84 Å². The molecular formula is C15H15NO5. The molecule has 1 aromatic carbocycles. The lowest BCUT2D eigenvalue weighted by molar-refractivity contribution is -0.158. The number of rotatable bonds is 4. The first-order valence-corrected chi connectivity index (χ1v) is 6.69. The maximum absolute atomic E-state index is 11.7. The first kappa shape index (κ1) is 13.9. The van der Waals surface area contributed by atoms with Crippen LogP contribution in [0.3, 0.4) is 0 Å². The Morgan fingerprint density at radius 2 is 2.05 bits per heavy atom. The van der Waals surface area contributed by atoms with Gasteiger partial charge in [-0.1, -0.05) is 30.3 Å². The van der Waals surface area contributed by atoms with Crippen LogP contribution in [0.2, 0.25) is 0 Å². The van der Waals surface area contributed by atoms with Crippen LogP contribution in [0.4, 0.5) is 0 Å². The van der Waals surface area contributed by atoms with Crippen molar-refractivity contribution >= 4 is 11.8 Å². The van der Waals surface area contributed by atoms with Gasteiger partial charge in [0, 0.05) is 0 Å². The number of hydroxylamine groups is 1. The smallest absolute Gasteiger partial charge is 0.308 e. The Morgan fingerprint density at radius 1 is 1.29 bits per heavy atom. The number of ether oxygens (including phenoxy) is 1. The Kier molecular flexibility index (Phi) is 3.83. The summed E-state index contributed by atoms with van der Waals surface area (Å²) in [7, 11) is 0. The number of fused-ring (bicyclic) bond motifs is 1. The van der Waals surface area contributed by atoms with Crippen LogP contribution < -0.4 is 5.48 Å². The van der Waals surface area contributed by atoms with Crippen molar-refractivity contribution in [3.05, 3.63) is 47.5 Å². The minimum absolute atomic E-state index is 0.0666. The van der Waals surface area contributed by atoms with Gasteiger partial charge in [-0.2, -0.15) is 5.48 Å². The van der Waals surface area contributed by atoms with E-state index in [9.17, 15) is 14.7 Å². The molecule has 6 heteroatoms. The molecule has 0 aromatic heterocycles. The number of Topliss-reactive ketones (excluding diaryl/α,β-unsaturated/α-hetero) is 1. The third-order valence-corrected chi connectivity index (χ3v) is 3.53. The Hall–Kier alpha value is -2.02. The highest BCUT2D eigenvalue weighted by atomic mass is 16.6. The monoisotopic (exact) mass is 289 g/mol. The lowest BCUT2D eigenvalue weighted by Gasteiger charge is -2.28. The van der Waals surface area contributed by atoms with E-state index in [0.717, 1.165) is 5.56 Å². The fourth-order valence-corrected chi connectivity index (χ4v) is 2.47. The number of hydrogen-bond acceptors (Lipinski definition) is 6. The van der Waals surface area contributed by atoms with Gasteiger partial charge in [0.15, 0.2) is 6.10 Å². The van der Waals surface area contributed by atoms with Gasteiger partial charge >= 0.3 is 5.97 Å². The maximum Gasteiger partial charge on any atom is 0.308 e. The van der Waals surface area contributed by atoms with E-state index in [1.54, 1.807) is 0 Å². The predicted molar refractivity (Wildman–Crippen MR) is 71.7 cm³/mol. The predicted octanol–water partition coefficient (Wildman–Crippen LogP) is 0.262. The van der Waals surface area contributed by atoms with Crippen LogP contribution in [0.15, 0.2) is 42.0 Å². The second-order valence-corrected chi connectivity index (χ2v) is 5.03. The molecular weight excluding hydrogens is 274 g/mol. The SMILES string of the molecule is O=C1C[C@@H](NOCc2ccccc2)C2=CC(O)C(=O)[C@H]2O1. The number of esters is 1. The number of carbonyl (C=O) groups is 2. The van der Waals surface area contributed by atoms with Crippen LogP contribution in [0, 0.1) is 0 Å². The van der Waals surface area contributed by atoms with Crippen LogP contribution in [-0.2, 0) is 25.8 Å². The molecule has 1 aliphatic heterocycles. The summed E-state index contributed by atoms with van der Waals surface area (Å²) in [6.45, 7) is 0.334. The van der Waals surface area contributed by atoms with E-state index in [2.05, 4.69) is 5.48 Å². The van der Waals surface area contributed by atoms with Crippen LogP contribution in [0.5, 0.6) is 0 Å². The standard InChI is InChI=1S/C15H15NO5/c17-12-6-10-11(7-13(18)21-15(10)14(12)19)16-20-8-9-4-2-1-3-5-9/h1-6,11-12,15-17H,7-8H2/t11-,12?,15+/m1/s1. The van der Waals surface area contributed by atoms with E-state index in [4.69, 9.17) is 9.57 Å². The molecule has 1 fully saturated rings. The molecule has 0 bridgehead atoms. The van der Waals surface area contributed by atoms with E-state index in [1.165, 1.54) is 6.08 Å². The molecule has 1 unspecified atom stereocenters. The average molecular weight is 289 g/mol. The van der Waals surface area contributed by atoms with Crippen LogP contribution in [0.25, 0.3) is 0 Å². The summed E-state index contributed by atoms with van der Waals surface area (Å²) in [4.78, 5) is 28.6. The highest BCUT2D eigenvalue weighted by Gasteiger charge is 2.44. The van der Waals surface area contributed by atoms with E-state index in [1.807, 2.05) is 30.3 Å². The molecule has 0 amide bonds. The molecule has 0 spiro atoms. The van der Waals surface area contributed by atoms with Gasteiger partial charge in [-0.05, 0) is 17.2 Å².